The van der Waals surface area contributed by atoms with Crippen LogP contribution < -0.4 is 11.1 Å². The predicted molar refractivity (Wildman–Crippen MR) is 34.4 cm³/mol. The SMILES string of the molecule is NC1CCC[SiH](N)O1. The molecule has 0 amide bonds. The first-order chi connectivity index (χ1) is 3.79. The van der Waals surface area contributed by atoms with Crippen molar-refractivity contribution >= 4 is 9.20 Å². The number of hydrogen-bond acceptors (Lipinski definition) is 3. The molecule has 4 N–H and O–H groups in total. The summed E-state index contributed by atoms with van der Waals surface area (Å²) in [7, 11) is -1.28. The van der Waals surface area contributed by atoms with Gasteiger partial charge in [-0.2, -0.15) is 0 Å². The summed E-state index contributed by atoms with van der Waals surface area (Å²) in [6, 6.07) is 1.09. The molecule has 0 aromatic heterocycles. The van der Waals surface area contributed by atoms with Crippen LogP contribution in [0.25, 0.3) is 0 Å². The van der Waals surface area contributed by atoms with Gasteiger partial charge in [-0.15, -0.1) is 0 Å². The smallest absolute Gasteiger partial charge is 0.251 e. The lowest BCUT2D eigenvalue weighted by molar-refractivity contribution is 0.177. The Morgan fingerprint density at radius 3 is 2.75 bits per heavy atom. The second-order valence-electron chi connectivity index (χ2n) is 2.14. The summed E-state index contributed by atoms with van der Waals surface area (Å²) in [6.45, 7) is 0. The van der Waals surface area contributed by atoms with Gasteiger partial charge in [0.05, 0.1) is 6.23 Å². The average Bonchev–Trinajstić information content (AvgIpc) is 1.64. The van der Waals surface area contributed by atoms with Crippen LogP contribution in [0.4, 0.5) is 0 Å². The van der Waals surface area contributed by atoms with Crippen LogP contribution in [0, 0.1) is 0 Å². The molecule has 4 heteroatoms. The molecule has 2 unspecified atom stereocenters. The highest BCUT2D eigenvalue weighted by molar-refractivity contribution is 6.48. The van der Waals surface area contributed by atoms with Crippen LogP contribution in [-0.4, -0.2) is 15.4 Å². The first kappa shape index (κ1) is 6.22. The molecule has 1 rings (SSSR count). The quantitative estimate of drug-likeness (QED) is 0.427. The van der Waals surface area contributed by atoms with Crippen molar-refractivity contribution in [3.63, 3.8) is 0 Å². The molecule has 0 bridgehead atoms. The normalized spacial score (nSPS) is 39.8. The van der Waals surface area contributed by atoms with E-state index in [-0.39, 0.29) is 6.23 Å². The van der Waals surface area contributed by atoms with Crippen molar-refractivity contribution in [2.24, 2.45) is 11.1 Å². The topological polar surface area (TPSA) is 61.3 Å². The van der Waals surface area contributed by atoms with Crippen molar-refractivity contribution in [1.82, 2.24) is 0 Å². The van der Waals surface area contributed by atoms with Gasteiger partial charge in [-0.1, -0.05) is 0 Å². The lowest BCUT2D eigenvalue weighted by Gasteiger charge is -2.22. The zero-order chi connectivity index (χ0) is 5.98. The van der Waals surface area contributed by atoms with E-state index in [1.54, 1.807) is 0 Å². The fourth-order valence-corrected chi connectivity index (χ4v) is 2.24. The molecule has 1 fully saturated rings. The first-order valence-electron chi connectivity index (χ1n) is 2.95. The Morgan fingerprint density at radius 1 is 1.62 bits per heavy atom. The van der Waals surface area contributed by atoms with Gasteiger partial charge < -0.3 is 15.6 Å². The van der Waals surface area contributed by atoms with Crippen molar-refractivity contribution in [1.29, 1.82) is 0 Å². The van der Waals surface area contributed by atoms with E-state index in [0.29, 0.717) is 0 Å². The molecule has 1 aliphatic heterocycles. The third-order valence-electron chi connectivity index (χ3n) is 1.33. The molecule has 0 aromatic carbocycles. The molecule has 0 radical (unpaired) electrons. The van der Waals surface area contributed by atoms with Crippen molar-refractivity contribution in [3.8, 4) is 0 Å². The summed E-state index contributed by atoms with van der Waals surface area (Å²) in [6.07, 6.45) is 2.10. The summed E-state index contributed by atoms with van der Waals surface area (Å²) in [5.41, 5.74) is 5.46. The van der Waals surface area contributed by atoms with Crippen molar-refractivity contribution < 1.29 is 4.43 Å². The minimum absolute atomic E-state index is 0.0505. The molecule has 0 spiro atoms. The van der Waals surface area contributed by atoms with E-state index >= 15 is 0 Å². The number of nitrogens with two attached hydrogens (primary N) is 2. The van der Waals surface area contributed by atoms with Gasteiger partial charge in [0.15, 0.2) is 0 Å². The Balaban J connectivity index is 2.23. The summed E-state index contributed by atoms with van der Waals surface area (Å²) < 4.78 is 5.18. The standard InChI is InChI=1S/C4H12N2OSi/c5-4-2-1-3-8(6)7-4/h4,8H,1-3,5-6H2. The van der Waals surface area contributed by atoms with E-state index in [9.17, 15) is 0 Å². The fraction of sp³-hybridized carbons (Fsp3) is 1.00. The Bertz CT molecular complexity index is 72.4. The van der Waals surface area contributed by atoms with Gasteiger partial charge in [0.1, 0.15) is 0 Å². The maximum atomic E-state index is 5.56. The van der Waals surface area contributed by atoms with Gasteiger partial charge in [0.25, 0.3) is 9.20 Å². The van der Waals surface area contributed by atoms with Crippen molar-refractivity contribution in [2.45, 2.75) is 25.1 Å². The summed E-state index contributed by atoms with van der Waals surface area (Å²) in [5.74, 6) is 0. The minimum Gasteiger partial charge on any atom is -0.391 e. The van der Waals surface area contributed by atoms with Gasteiger partial charge in [-0.25, -0.2) is 0 Å². The largest absolute Gasteiger partial charge is 0.391 e. The Hall–Kier alpha value is 0.0969. The Labute approximate surface area is 50.8 Å². The average molecular weight is 132 g/mol. The van der Waals surface area contributed by atoms with Gasteiger partial charge in [-0.05, 0) is 18.9 Å². The third kappa shape index (κ3) is 1.55. The highest BCUT2D eigenvalue weighted by atomic mass is 28.3. The van der Waals surface area contributed by atoms with E-state index in [1.807, 2.05) is 0 Å². The molecule has 3 nitrogen and oxygen atoms in total. The lowest BCUT2D eigenvalue weighted by atomic mass is 10.3. The lowest BCUT2D eigenvalue weighted by Crippen LogP contribution is -2.42. The third-order valence-corrected chi connectivity index (χ3v) is 3.00. The molecule has 48 valence electrons. The maximum Gasteiger partial charge on any atom is 0.251 e. The van der Waals surface area contributed by atoms with Gasteiger partial charge in [-0.3, -0.25) is 0 Å². The highest BCUT2D eigenvalue weighted by Crippen LogP contribution is 2.09. The molecule has 1 aliphatic rings. The van der Waals surface area contributed by atoms with Crippen LogP contribution in [0.1, 0.15) is 12.8 Å². The Morgan fingerprint density at radius 2 is 2.38 bits per heavy atom. The maximum absolute atomic E-state index is 5.56. The molecule has 0 aromatic rings. The molecule has 8 heavy (non-hydrogen) atoms. The van der Waals surface area contributed by atoms with Crippen LogP contribution >= 0.6 is 0 Å². The molecular formula is C4H12N2OSi. The molecule has 2 atom stereocenters. The van der Waals surface area contributed by atoms with Crippen LogP contribution in [0.5, 0.6) is 0 Å². The zero-order valence-electron chi connectivity index (χ0n) is 4.84. The minimum atomic E-state index is -1.28. The predicted octanol–water partition coefficient (Wildman–Crippen LogP) is -0.739. The molecule has 1 heterocycles. The fourth-order valence-electron chi connectivity index (χ4n) is 0.881. The zero-order valence-corrected chi connectivity index (χ0v) is 5.99. The van der Waals surface area contributed by atoms with E-state index in [1.165, 1.54) is 0 Å². The van der Waals surface area contributed by atoms with Gasteiger partial charge in [0.2, 0.25) is 0 Å². The summed E-state index contributed by atoms with van der Waals surface area (Å²) >= 11 is 0. The van der Waals surface area contributed by atoms with E-state index in [0.717, 1.165) is 18.9 Å². The van der Waals surface area contributed by atoms with Crippen LogP contribution in [-0.2, 0) is 4.43 Å². The molecule has 0 aliphatic carbocycles. The van der Waals surface area contributed by atoms with E-state index < -0.39 is 9.20 Å². The molecular weight excluding hydrogens is 120 g/mol. The van der Waals surface area contributed by atoms with Crippen LogP contribution in [0.15, 0.2) is 0 Å². The second kappa shape index (κ2) is 2.59. The van der Waals surface area contributed by atoms with Crippen molar-refractivity contribution in [3.05, 3.63) is 0 Å². The number of rotatable bonds is 0. The van der Waals surface area contributed by atoms with E-state index in [2.05, 4.69) is 0 Å². The highest BCUT2D eigenvalue weighted by Gasteiger charge is 2.16. The van der Waals surface area contributed by atoms with Gasteiger partial charge >= 0.3 is 0 Å². The monoisotopic (exact) mass is 132 g/mol. The summed E-state index contributed by atoms with van der Waals surface area (Å²) in [4.78, 5) is 0. The summed E-state index contributed by atoms with van der Waals surface area (Å²) in [5, 5.41) is 5.56. The molecule has 1 saturated heterocycles. The van der Waals surface area contributed by atoms with E-state index in [4.69, 9.17) is 15.6 Å². The first-order valence-corrected chi connectivity index (χ1v) is 4.91. The van der Waals surface area contributed by atoms with Crippen LogP contribution in [0.3, 0.4) is 0 Å². The molecule has 0 saturated carbocycles. The number of hydrogen-bond donors (Lipinski definition) is 2. The Kier molecular flexibility index (Phi) is 2.01. The van der Waals surface area contributed by atoms with Gasteiger partial charge in [0, 0.05) is 0 Å². The second-order valence-corrected chi connectivity index (χ2v) is 4.07. The van der Waals surface area contributed by atoms with Crippen LogP contribution in [0.2, 0.25) is 6.04 Å². The van der Waals surface area contributed by atoms with Crippen molar-refractivity contribution in [2.75, 3.05) is 0 Å².